The zero-order valence-electron chi connectivity index (χ0n) is 13.1. The van der Waals surface area contributed by atoms with Crippen molar-refractivity contribution in [2.45, 2.75) is 25.8 Å². The average Bonchev–Trinajstić information content (AvgIpc) is 3.38. The van der Waals surface area contributed by atoms with Gasteiger partial charge in [-0.1, -0.05) is 45.8 Å². The van der Waals surface area contributed by atoms with Crippen molar-refractivity contribution in [2.75, 3.05) is 6.61 Å². The summed E-state index contributed by atoms with van der Waals surface area (Å²) in [6.07, 6.45) is 2.35. The molecule has 0 aliphatic heterocycles. The van der Waals surface area contributed by atoms with Gasteiger partial charge in [-0.3, -0.25) is 4.79 Å². The molecule has 23 heavy (non-hydrogen) atoms. The molecule has 3 rings (SSSR count). The third-order valence-electron chi connectivity index (χ3n) is 4.03. The van der Waals surface area contributed by atoms with Crippen LogP contribution in [0, 0.1) is 12.8 Å². The number of aryl methyl sites for hydroxylation is 1. The van der Waals surface area contributed by atoms with Gasteiger partial charge < -0.3 is 10.1 Å². The Morgan fingerprint density at radius 3 is 2.43 bits per heavy atom. The van der Waals surface area contributed by atoms with Crippen molar-refractivity contribution in [1.82, 2.24) is 5.32 Å². The van der Waals surface area contributed by atoms with Gasteiger partial charge in [-0.25, -0.2) is 0 Å². The van der Waals surface area contributed by atoms with Crippen molar-refractivity contribution in [1.29, 1.82) is 0 Å². The molecule has 1 N–H and O–H groups in total. The van der Waals surface area contributed by atoms with Crippen LogP contribution in [0.3, 0.4) is 0 Å². The Hall–Kier alpha value is -1.81. The number of ether oxygens (including phenoxy) is 1. The van der Waals surface area contributed by atoms with Crippen LogP contribution < -0.4 is 10.1 Å². The van der Waals surface area contributed by atoms with Crippen molar-refractivity contribution in [3.8, 4) is 5.75 Å². The fourth-order valence-electron chi connectivity index (χ4n) is 2.57. The predicted molar refractivity (Wildman–Crippen MR) is 94.4 cm³/mol. The van der Waals surface area contributed by atoms with Gasteiger partial charge in [0, 0.05) is 4.47 Å². The fourth-order valence-corrected chi connectivity index (χ4v) is 2.84. The lowest BCUT2D eigenvalue weighted by Gasteiger charge is -2.19. The number of hydrogen-bond donors (Lipinski definition) is 1. The second kappa shape index (κ2) is 7.18. The van der Waals surface area contributed by atoms with Gasteiger partial charge in [0.25, 0.3) is 5.91 Å². The van der Waals surface area contributed by atoms with Gasteiger partial charge in [0.05, 0.1) is 6.04 Å². The molecule has 1 amide bonds. The van der Waals surface area contributed by atoms with Gasteiger partial charge in [-0.2, -0.15) is 0 Å². The standard InChI is InChI=1S/C19H20BrNO2/c1-13-2-4-14(5-3-13)19(15-6-7-15)21-18(22)12-23-17-10-8-16(20)9-11-17/h2-5,8-11,15,19H,6-7,12H2,1H3,(H,21,22)/t19-/m1/s1. The van der Waals surface area contributed by atoms with Crippen LogP contribution in [0.15, 0.2) is 53.0 Å². The van der Waals surface area contributed by atoms with Crippen LogP contribution in [-0.4, -0.2) is 12.5 Å². The van der Waals surface area contributed by atoms with Gasteiger partial charge in [0.1, 0.15) is 5.75 Å². The van der Waals surface area contributed by atoms with E-state index in [0.717, 1.165) is 4.47 Å². The monoisotopic (exact) mass is 373 g/mol. The van der Waals surface area contributed by atoms with Crippen molar-refractivity contribution in [3.63, 3.8) is 0 Å². The summed E-state index contributed by atoms with van der Waals surface area (Å²) >= 11 is 3.38. The minimum atomic E-state index is -0.0783. The van der Waals surface area contributed by atoms with Gasteiger partial charge in [-0.05, 0) is 55.5 Å². The highest BCUT2D eigenvalue weighted by atomic mass is 79.9. The molecule has 120 valence electrons. The molecule has 2 aromatic rings. The summed E-state index contributed by atoms with van der Waals surface area (Å²) < 4.78 is 6.53. The maximum absolute atomic E-state index is 12.2. The summed E-state index contributed by atoms with van der Waals surface area (Å²) in [7, 11) is 0. The normalized spacial score (nSPS) is 15.0. The minimum Gasteiger partial charge on any atom is -0.484 e. The summed E-state index contributed by atoms with van der Waals surface area (Å²) in [5.41, 5.74) is 2.41. The largest absolute Gasteiger partial charge is 0.484 e. The zero-order chi connectivity index (χ0) is 16.2. The Bertz CT molecular complexity index is 663. The lowest BCUT2D eigenvalue weighted by atomic mass is 10.0. The van der Waals surface area contributed by atoms with Crippen LogP contribution in [-0.2, 0) is 4.79 Å². The van der Waals surface area contributed by atoms with Gasteiger partial charge in [0.15, 0.2) is 6.61 Å². The van der Waals surface area contributed by atoms with E-state index < -0.39 is 0 Å². The molecule has 0 spiro atoms. The first kappa shape index (κ1) is 16.1. The molecule has 0 saturated heterocycles. The van der Waals surface area contributed by atoms with E-state index in [-0.39, 0.29) is 18.6 Å². The second-order valence-corrected chi connectivity index (χ2v) is 6.95. The Morgan fingerprint density at radius 1 is 1.17 bits per heavy atom. The summed E-state index contributed by atoms with van der Waals surface area (Å²) in [5, 5.41) is 3.12. The Labute approximate surface area is 145 Å². The minimum absolute atomic E-state index is 0.0384. The topological polar surface area (TPSA) is 38.3 Å². The van der Waals surface area contributed by atoms with Gasteiger partial charge in [-0.15, -0.1) is 0 Å². The van der Waals surface area contributed by atoms with Crippen LogP contribution in [0.5, 0.6) is 5.75 Å². The van der Waals surface area contributed by atoms with E-state index in [9.17, 15) is 4.79 Å². The summed E-state index contributed by atoms with van der Waals surface area (Å²) in [5.74, 6) is 1.17. The molecule has 0 aromatic heterocycles. The van der Waals surface area contributed by atoms with Crippen molar-refractivity contribution in [3.05, 3.63) is 64.1 Å². The summed E-state index contributed by atoms with van der Waals surface area (Å²) in [4.78, 5) is 12.2. The van der Waals surface area contributed by atoms with E-state index in [1.165, 1.54) is 24.0 Å². The molecule has 1 aliphatic carbocycles. The van der Waals surface area contributed by atoms with Gasteiger partial charge in [0.2, 0.25) is 0 Å². The van der Waals surface area contributed by atoms with E-state index in [1.807, 2.05) is 24.3 Å². The SMILES string of the molecule is Cc1ccc([C@@H](NC(=O)COc2ccc(Br)cc2)C2CC2)cc1. The first-order valence-electron chi connectivity index (χ1n) is 7.86. The molecule has 0 bridgehead atoms. The molecular formula is C19H20BrNO2. The molecular weight excluding hydrogens is 354 g/mol. The number of carbonyl (C=O) groups is 1. The molecule has 1 atom stereocenters. The van der Waals surface area contributed by atoms with E-state index in [1.54, 1.807) is 0 Å². The van der Waals surface area contributed by atoms with Crippen molar-refractivity contribution >= 4 is 21.8 Å². The smallest absolute Gasteiger partial charge is 0.258 e. The predicted octanol–water partition coefficient (Wildman–Crippen LogP) is 4.40. The number of amides is 1. The molecule has 4 heteroatoms. The average molecular weight is 374 g/mol. The third-order valence-corrected chi connectivity index (χ3v) is 4.56. The first-order chi connectivity index (χ1) is 11.1. The summed E-state index contributed by atoms with van der Waals surface area (Å²) in [6.45, 7) is 2.11. The van der Waals surface area contributed by atoms with Crippen LogP contribution >= 0.6 is 15.9 Å². The molecule has 1 aliphatic rings. The van der Waals surface area contributed by atoms with Crippen LogP contribution in [0.4, 0.5) is 0 Å². The zero-order valence-corrected chi connectivity index (χ0v) is 14.7. The Kier molecular flexibility index (Phi) is 5.01. The number of carbonyl (C=O) groups excluding carboxylic acids is 1. The highest BCUT2D eigenvalue weighted by Crippen LogP contribution is 2.41. The number of hydrogen-bond acceptors (Lipinski definition) is 2. The molecule has 3 nitrogen and oxygen atoms in total. The number of halogens is 1. The number of nitrogens with one attached hydrogen (secondary N) is 1. The molecule has 1 saturated carbocycles. The highest BCUT2D eigenvalue weighted by molar-refractivity contribution is 9.10. The highest BCUT2D eigenvalue weighted by Gasteiger charge is 2.33. The molecule has 2 aromatic carbocycles. The first-order valence-corrected chi connectivity index (χ1v) is 8.65. The maximum Gasteiger partial charge on any atom is 0.258 e. The van der Waals surface area contributed by atoms with Crippen molar-refractivity contribution < 1.29 is 9.53 Å². The lowest BCUT2D eigenvalue weighted by Crippen LogP contribution is -2.33. The Morgan fingerprint density at radius 2 is 1.83 bits per heavy atom. The van der Waals surface area contributed by atoms with Gasteiger partial charge >= 0.3 is 0 Å². The molecule has 1 fully saturated rings. The number of benzene rings is 2. The quantitative estimate of drug-likeness (QED) is 0.814. The number of rotatable bonds is 6. The Balaban J connectivity index is 1.58. The van der Waals surface area contributed by atoms with E-state index in [0.29, 0.717) is 11.7 Å². The van der Waals surface area contributed by atoms with E-state index in [4.69, 9.17) is 4.74 Å². The fraction of sp³-hybridized carbons (Fsp3) is 0.316. The van der Waals surface area contributed by atoms with Crippen molar-refractivity contribution in [2.24, 2.45) is 5.92 Å². The lowest BCUT2D eigenvalue weighted by molar-refractivity contribution is -0.124. The molecule has 0 radical (unpaired) electrons. The second-order valence-electron chi connectivity index (χ2n) is 6.04. The van der Waals surface area contributed by atoms with Crippen LogP contribution in [0.1, 0.15) is 30.0 Å². The molecule has 0 unspecified atom stereocenters. The third kappa shape index (κ3) is 4.58. The van der Waals surface area contributed by atoms with Crippen LogP contribution in [0.25, 0.3) is 0 Å². The molecule has 0 heterocycles. The van der Waals surface area contributed by atoms with E-state index in [2.05, 4.69) is 52.4 Å². The van der Waals surface area contributed by atoms with E-state index >= 15 is 0 Å². The summed E-state index contributed by atoms with van der Waals surface area (Å²) in [6, 6.07) is 16.0. The maximum atomic E-state index is 12.2. The van der Waals surface area contributed by atoms with Crippen LogP contribution in [0.2, 0.25) is 0 Å².